The van der Waals surface area contributed by atoms with Gasteiger partial charge in [-0.1, -0.05) is 50.0 Å². The summed E-state index contributed by atoms with van der Waals surface area (Å²) >= 11 is 0. The summed E-state index contributed by atoms with van der Waals surface area (Å²) in [6.07, 6.45) is -0.266. The molecule has 0 bridgehead atoms. The molecule has 0 aliphatic rings. The number of carbonyl (C=O) groups is 3. The van der Waals surface area contributed by atoms with Crippen LogP contribution in [0.15, 0.2) is 48.5 Å². The summed E-state index contributed by atoms with van der Waals surface area (Å²) in [7, 11) is -1.30. The maximum absolute atomic E-state index is 12.8. The lowest BCUT2D eigenvalue weighted by molar-refractivity contribution is -0.143. The Labute approximate surface area is 202 Å². The van der Waals surface area contributed by atoms with Crippen LogP contribution in [-0.4, -0.2) is 38.3 Å². The number of ether oxygens (including phenoxy) is 3. The second-order valence-electron chi connectivity index (χ2n) is 10.2. The fraction of sp³-hybridized carbons (Fsp3) is 0.423. The molecule has 2 aromatic carbocycles. The van der Waals surface area contributed by atoms with Crippen LogP contribution in [0.4, 0.5) is 10.5 Å². The number of carbonyl (C=O) groups excluding carboxylic acids is 3. The highest BCUT2D eigenvalue weighted by Crippen LogP contribution is 2.31. The molecule has 8 heteroatoms. The predicted molar refractivity (Wildman–Crippen MR) is 135 cm³/mol. The van der Waals surface area contributed by atoms with Crippen LogP contribution in [0.3, 0.4) is 0 Å². The first-order chi connectivity index (χ1) is 15.8. The zero-order valence-corrected chi connectivity index (χ0v) is 21.9. The number of benzene rings is 2. The van der Waals surface area contributed by atoms with Crippen LogP contribution in [0.2, 0.25) is 25.7 Å². The Balaban J connectivity index is 2.20. The van der Waals surface area contributed by atoms with Crippen LogP contribution in [0.25, 0.3) is 0 Å². The van der Waals surface area contributed by atoms with Crippen molar-refractivity contribution in [3.63, 3.8) is 0 Å². The summed E-state index contributed by atoms with van der Waals surface area (Å²) in [5, 5.41) is 2.65. The molecule has 0 saturated heterocycles. The van der Waals surface area contributed by atoms with Gasteiger partial charge in [-0.15, -0.1) is 0 Å². The van der Waals surface area contributed by atoms with Gasteiger partial charge in [-0.25, -0.2) is 9.59 Å². The van der Waals surface area contributed by atoms with E-state index in [1.165, 1.54) is 0 Å². The van der Waals surface area contributed by atoms with Gasteiger partial charge in [-0.2, -0.15) is 0 Å². The highest BCUT2D eigenvalue weighted by molar-refractivity contribution is 6.76. The Morgan fingerprint density at radius 1 is 0.941 bits per heavy atom. The number of hydrogen-bond acceptors (Lipinski definition) is 6. The minimum Gasteiger partial charge on any atom is -0.466 e. The lowest BCUT2D eigenvalue weighted by Gasteiger charge is -2.21. The summed E-state index contributed by atoms with van der Waals surface area (Å²) < 4.78 is 16.4. The summed E-state index contributed by atoms with van der Waals surface area (Å²) in [6.45, 7) is 12.3. The van der Waals surface area contributed by atoms with Crippen LogP contribution < -0.4 is 10.1 Å². The van der Waals surface area contributed by atoms with E-state index in [1.807, 2.05) is 0 Å². The smallest absolute Gasteiger partial charge is 0.412 e. The van der Waals surface area contributed by atoms with Crippen LogP contribution in [0, 0.1) is 0 Å². The molecule has 0 saturated carbocycles. The Bertz CT molecular complexity index is 993. The number of aryl methyl sites for hydroxylation is 1. The number of nitrogens with one attached hydrogen (secondary N) is 1. The van der Waals surface area contributed by atoms with E-state index in [0.29, 0.717) is 17.7 Å². The third-order valence-electron chi connectivity index (χ3n) is 4.65. The molecular weight excluding hydrogens is 450 g/mol. The SMILES string of the molecule is CC(C)(C)OC(=O)Nc1cccc(CCC(=O)OCC[Si](C)(C)C)c1OC(=O)c1ccccc1. The minimum atomic E-state index is -1.30. The van der Waals surface area contributed by atoms with Crippen molar-refractivity contribution in [3.05, 3.63) is 59.7 Å². The van der Waals surface area contributed by atoms with Crippen LogP contribution in [0.5, 0.6) is 5.75 Å². The normalized spacial score (nSPS) is 11.5. The molecule has 1 amide bonds. The number of para-hydroxylation sites is 1. The molecular formula is C26H35NO6Si. The van der Waals surface area contributed by atoms with Gasteiger partial charge in [-0.05, 0) is 57.0 Å². The van der Waals surface area contributed by atoms with Crippen LogP contribution in [-0.2, 0) is 20.7 Å². The summed E-state index contributed by atoms with van der Waals surface area (Å²) in [5.41, 5.74) is 0.553. The van der Waals surface area contributed by atoms with Gasteiger partial charge in [0, 0.05) is 14.5 Å². The van der Waals surface area contributed by atoms with Gasteiger partial charge in [0.2, 0.25) is 0 Å². The molecule has 0 aliphatic carbocycles. The molecule has 0 atom stereocenters. The average molecular weight is 486 g/mol. The fourth-order valence-corrected chi connectivity index (χ4v) is 3.63. The van der Waals surface area contributed by atoms with E-state index < -0.39 is 25.7 Å². The largest absolute Gasteiger partial charge is 0.466 e. The number of rotatable bonds is 9. The van der Waals surface area contributed by atoms with Crippen molar-refractivity contribution in [1.29, 1.82) is 0 Å². The van der Waals surface area contributed by atoms with E-state index in [0.717, 1.165) is 6.04 Å². The molecule has 0 radical (unpaired) electrons. The zero-order valence-electron chi connectivity index (χ0n) is 20.9. The van der Waals surface area contributed by atoms with Crippen molar-refractivity contribution in [3.8, 4) is 5.75 Å². The van der Waals surface area contributed by atoms with E-state index in [2.05, 4.69) is 25.0 Å². The van der Waals surface area contributed by atoms with Crippen molar-refractivity contribution in [2.75, 3.05) is 11.9 Å². The molecule has 34 heavy (non-hydrogen) atoms. The molecule has 0 heterocycles. The monoisotopic (exact) mass is 485 g/mol. The van der Waals surface area contributed by atoms with Gasteiger partial charge < -0.3 is 14.2 Å². The van der Waals surface area contributed by atoms with Crippen molar-refractivity contribution in [1.82, 2.24) is 0 Å². The van der Waals surface area contributed by atoms with Gasteiger partial charge >= 0.3 is 18.0 Å². The molecule has 0 unspecified atom stereocenters. The molecule has 1 N–H and O–H groups in total. The maximum Gasteiger partial charge on any atom is 0.412 e. The summed E-state index contributed by atoms with van der Waals surface area (Å²) in [5.74, 6) is -0.709. The predicted octanol–water partition coefficient (Wildman–Crippen LogP) is 6.07. The average Bonchev–Trinajstić information content (AvgIpc) is 2.72. The summed E-state index contributed by atoms with van der Waals surface area (Å²) in [4.78, 5) is 37.4. The molecule has 2 aromatic rings. The van der Waals surface area contributed by atoms with Crippen LogP contribution in [0.1, 0.15) is 43.1 Å². The quantitative estimate of drug-likeness (QED) is 0.263. The van der Waals surface area contributed by atoms with Crippen LogP contribution >= 0.6 is 0 Å². The second-order valence-corrected chi connectivity index (χ2v) is 15.8. The highest BCUT2D eigenvalue weighted by atomic mass is 28.3. The lowest BCUT2D eigenvalue weighted by atomic mass is 10.1. The van der Waals surface area contributed by atoms with Crippen molar-refractivity contribution < 1.29 is 28.6 Å². The molecule has 7 nitrogen and oxygen atoms in total. The van der Waals surface area contributed by atoms with Gasteiger partial charge in [-0.3, -0.25) is 10.1 Å². The first-order valence-electron chi connectivity index (χ1n) is 11.4. The molecule has 0 spiro atoms. The van der Waals surface area contributed by atoms with Gasteiger partial charge in [0.1, 0.15) is 5.60 Å². The van der Waals surface area contributed by atoms with E-state index >= 15 is 0 Å². The molecule has 0 fully saturated rings. The summed E-state index contributed by atoms with van der Waals surface area (Å²) in [6, 6.07) is 14.5. The molecule has 184 valence electrons. The fourth-order valence-electron chi connectivity index (χ4n) is 2.92. The van der Waals surface area contributed by atoms with E-state index in [-0.39, 0.29) is 30.2 Å². The van der Waals surface area contributed by atoms with Crippen molar-refractivity contribution in [2.24, 2.45) is 0 Å². The number of amides is 1. The molecule has 0 aliphatic heterocycles. The Morgan fingerprint density at radius 3 is 2.24 bits per heavy atom. The first-order valence-corrected chi connectivity index (χ1v) is 15.1. The first kappa shape index (κ1) is 27.1. The second kappa shape index (κ2) is 11.8. The lowest BCUT2D eigenvalue weighted by Crippen LogP contribution is -2.27. The standard InChI is InChI=1S/C26H35NO6Si/c1-26(2,3)33-25(30)27-21-14-10-13-19(15-16-22(28)31-17-18-34(4,5)6)23(21)32-24(29)20-11-8-7-9-12-20/h7-14H,15-18H2,1-6H3,(H,27,30). The van der Waals surface area contributed by atoms with E-state index in [4.69, 9.17) is 14.2 Å². The Morgan fingerprint density at radius 2 is 1.62 bits per heavy atom. The van der Waals surface area contributed by atoms with Crippen molar-refractivity contribution >= 4 is 31.8 Å². The third kappa shape index (κ3) is 9.78. The number of hydrogen-bond donors (Lipinski definition) is 1. The maximum atomic E-state index is 12.8. The molecule has 2 rings (SSSR count). The number of anilines is 1. The van der Waals surface area contributed by atoms with E-state index in [9.17, 15) is 14.4 Å². The van der Waals surface area contributed by atoms with Gasteiger partial charge in [0.15, 0.2) is 5.75 Å². The topological polar surface area (TPSA) is 90.9 Å². The Kier molecular flexibility index (Phi) is 9.43. The van der Waals surface area contributed by atoms with E-state index in [1.54, 1.807) is 69.3 Å². The van der Waals surface area contributed by atoms with Gasteiger partial charge in [0.05, 0.1) is 17.9 Å². The Hall–Kier alpha value is -3.13. The van der Waals surface area contributed by atoms with Crippen molar-refractivity contribution in [2.45, 2.75) is 64.9 Å². The third-order valence-corrected chi connectivity index (χ3v) is 6.35. The molecule has 0 aromatic heterocycles. The highest BCUT2D eigenvalue weighted by Gasteiger charge is 2.21. The minimum absolute atomic E-state index is 0.122. The number of esters is 2. The van der Waals surface area contributed by atoms with Gasteiger partial charge in [0.25, 0.3) is 0 Å². The zero-order chi connectivity index (χ0) is 25.4.